The monoisotopic (exact) mass is 266 g/mol. The van der Waals surface area contributed by atoms with Crippen LogP contribution in [0, 0.1) is 0 Å². The Kier molecular flexibility index (Phi) is 3.85. The molecule has 0 aliphatic rings. The lowest BCUT2D eigenvalue weighted by molar-refractivity contribution is -0.131. The van der Waals surface area contributed by atoms with E-state index >= 15 is 0 Å². The summed E-state index contributed by atoms with van der Waals surface area (Å²) in [6, 6.07) is 1.28. The van der Waals surface area contributed by atoms with Gasteiger partial charge in [0, 0.05) is 11.6 Å². The van der Waals surface area contributed by atoms with Gasteiger partial charge in [0.05, 0.1) is 15.1 Å². The molecule has 0 saturated heterocycles. The van der Waals surface area contributed by atoms with Crippen LogP contribution in [0.15, 0.2) is 12.1 Å². The van der Waals surface area contributed by atoms with E-state index in [-0.39, 0.29) is 26.4 Å². The standard InChI is InChI=1S/C9H5Cl3O3/c10-5-3-6(11)9(15)4(8(5)12)1-2-7(13)14/h1-3,15H,(H,13,14)/b2-1+. The lowest BCUT2D eigenvalue weighted by Crippen LogP contribution is -1.87. The van der Waals surface area contributed by atoms with Crippen LogP contribution in [0.25, 0.3) is 6.08 Å². The van der Waals surface area contributed by atoms with Gasteiger partial charge in [0.25, 0.3) is 0 Å². The van der Waals surface area contributed by atoms with Gasteiger partial charge in [-0.2, -0.15) is 0 Å². The van der Waals surface area contributed by atoms with Crippen LogP contribution in [0.5, 0.6) is 5.75 Å². The van der Waals surface area contributed by atoms with Crippen molar-refractivity contribution in [3.63, 3.8) is 0 Å². The Balaban J connectivity index is 3.33. The summed E-state index contributed by atoms with van der Waals surface area (Å²) in [5, 5.41) is 18.1. The molecule has 0 atom stereocenters. The molecule has 3 nitrogen and oxygen atoms in total. The fourth-order valence-corrected chi connectivity index (χ4v) is 1.60. The van der Waals surface area contributed by atoms with Crippen molar-refractivity contribution in [1.82, 2.24) is 0 Å². The Morgan fingerprint density at radius 3 is 2.40 bits per heavy atom. The largest absolute Gasteiger partial charge is 0.506 e. The highest BCUT2D eigenvalue weighted by atomic mass is 35.5. The number of phenolic OH excluding ortho intramolecular Hbond substituents is 1. The predicted molar refractivity (Wildman–Crippen MR) is 59.8 cm³/mol. The smallest absolute Gasteiger partial charge is 0.328 e. The molecule has 0 heterocycles. The number of carbonyl (C=O) groups is 1. The summed E-state index contributed by atoms with van der Waals surface area (Å²) in [4.78, 5) is 10.3. The predicted octanol–water partition coefficient (Wildman–Crippen LogP) is 3.45. The molecule has 0 radical (unpaired) electrons. The summed E-state index contributed by atoms with van der Waals surface area (Å²) in [5.74, 6) is -1.47. The molecule has 6 heteroatoms. The van der Waals surface area contributed by atoms with Gasteiger partial charge in [-0.3, -0.25) is 0 Å². The first-order valence-electron chi connectivity index (χ1n) is 3.71. The molecule has 1 aromatic carbocycles. The number of hydrogen-bond donors (Lipinski definition) is 2. The lowest BCUT2D eigenvalue weighted by Gasteiger charge is -2.05. The van der Waals surface area contributed by atoms with Crippen molar-refractivity contribution in [3.05, 3.63) is 32.8 Å². The van der Waals surface area contributed by atoms with E-state index in [1.165, 1.54) is 6.07 Å². The van der Waals surface area contributed by atoms with E-state index in [2.05, 4.69) is 0 Å². The fourth-order valence-electron chi connectivity index (χ4n) is 0.911. The Morgan fingerprint density at radius 1 is 1.27 bits per heavy atom. The van der Waals surface area contributed by atoms with Gasteiger partial charge in [0.1, 0.15) is 5.75 Å². The van der Waals surface area contributed by atoms with Gasteiger partial charge in [-0.05, 0) is 12.1 Å². The van der Waals surface area contributed by atoms with Gasteiger partial charge in [0.15, 0.2) is 0 Å². The molecule has 0 amide bonds. The minimum absolute atomic E-state index is 0.00874. The van der Waals surface area contributed by atoms with E-state index in [1.807, 2.05) is 0 Å². The minimum atomic E-state index is -1.17. The molecule has 0 unspecified atom stereocenters. The maximum absolute atomic E-state index is 10.3. The van der Waals surface area contributed by atoms with Crippen molar-refractivity contribution < 1.29 is 15.0 Å². The second-order valence-electron chi connectivity index (χ2n) is 2.59. The first-order chi connectivity index (χ1) is 6.93. The van der Waals surface area contributed by atoms with Gasteiger partial charge in [-0.15, -0.1) is 0 Å². The molecule has 0 aliphatic heterocycles. The molecule has 80 valence electrons. The van der Waals surface area contributed by atoms with Crippen molar-refractivity contribution >= 4 is 46.8 Å². The van der Waals surface area contributed by atoms with Crippen LogP contribution in [-0.2, 0) is 4.79 Å². The fraction of sp³-hybridized carbons (Fsp3) is 0. The highest BCUT2D eigenvalue weighted by Crippen LogP contribution is 2.38. The topological polar surface area (TPSA) is 57.5 Å². The molecular formula is C9H5Cl3O3. The van der Waals surface area contributed by atoms with Gasteiger partial charge in [-0.1, -0.05) is 34.8 Å². The zero-order valence-electron chi connectivity index (χ0n) is 7.17. The Bertz CT molecular complexity index is 414. The third kappa shape index (κ3) is 2.78. The third-order valence-electron chi connectivity index (χ3n) is 1.57. The highest BCUT2D eigenvalue weighted by molar-refractivity contribution is 6.44. The zero-order valence-corrected chi connectivity index (χ0v) is 9.44. The van der Waals surface area contributed by atoms with Crippen LogP contribution >= 0.6 is 34.8 Å². The van der Waals surface area contributed by atoms with E-state index in [0.717, 1.165) is 12.2 Å². The lowest BCUT2D eigenvalue weighted by atomic mass is 10.2. The number of phenols is 1. The summed E-state index contributed by atoms with van der Waals surface area (Å²) in [6.07, 6.45) is 1.95. The average molecular weight is 267 g/mol. The summed E-state index contributed by atoms with van der Waals surface area (Å²) >= 11 is 17.1. The molecule has 1 aromatic rings. The van der Waals surface area contributed by atoms with Crippen molar-refractivity contribution in [2.75, 3.05) is 0 Å². The number of aromatic hydroxyl groups is 1. The van der Waals surface area contributed by atoms with Crippen molar-refractivity contribution in [2.24, 2.45) is 0 Å². The van der Waals surface area contributed by atoms with Crippen molar-refractivity contribution in [3.8, 4) is 5.75 Å². The van der Waals surface area contributed by atoms with E-state index in [1.54, 1.807) is 0 Å². The molecule has 0 aromatic heterocycles. The van der Waals surface area contributed by atoms with E-state index in [9.17, 15) is 9.90 Å². The minimum Gasteiger partial charge on any atom is -0.506 e. The number of aliphatic carboxylic acids is 1. The summed E-state index contributed by atoms with van der Waals surface area (Å²) in [5.41, 5.74) is 0.0802. The van der Waals surface area contributed by atoms with Gasteiger partial charge >= 0.3 is 5.97 Å². The number of hydrogen-bond acceptors (Lipinski definition) is 2. The second-order valence-corrected chi connectivity index (χ2v) is 3.78. The van der Waals surface area contributed by atoms with Gasteiger partial charge in [-0.25, -0.2) is 4.79 Å². The average Bonchev–Trinajstić information content (AvgIpc) is 2.14. The Labute approximate surface area is 100 Å². The number of carboxylic acid groups (broad SMARTS) is 1. The molecule has 1 rings (SSSR count). The zero-order chi connectivity index (χ0) is 11.6. The SMILES string of the molecule is O=C(O)/C=C/c1c(O)c(Cl)cc(Cl)c1Cl. The maximum atomic E-state index is 10.3. The van der Waals surface area contributed by atoms with Crippen molar-refractivity contribution in [1.29, 1.82) is 0 Å². The van der Waals surface area contributed by atoms with Crippen LogP contribution in [0.3, 0.4) is 0 Å². The van der Waals surface area contributed by atoms with Gasteiger partial charge in [0.2, 0.25) is 0 Å². The molecule has 15 heavy (non-hydrogen) atoms. The number of benzene rings is 1. The maximum Gasteiger partial charge on any atom is 0.328 e. The third-order valence-corrected chi connectivity index (χ3v) is 2.66. The number of rotatable bonds is 2. The molecule has 0 spiro atoms. The molecule has 0 bridgehead atoms. The van der Waals surface area contributed by atoms with E-state index in [4.69, 9.17) is 39.9 Å². The quantitative estimate of drug-likeness (QED) is 0.637. The summed E-state index contributed by atoms with van der Waals surface area (Å²) < 4.78 is 0. The van der Waals surface area contributed by atoms with Crippen LogP contribution < -0.4 is 0 Å². The molecule has 0 aliphatic carbocycles. The second kappa shape index (κ2) is 4.75. The Hall–Kier alpha value is -0.900. The van der Waals surface area contributed by atoms with Crippen LogP contribution in [0.1, 0.15) is 5.56 Å². The Morgan fingerprint density at radius 2 is 1.87 bits per heavy atom. The van der Waals surface area contributed by atoms with E-state index in [0.29, 0.717) is 0 Å². The van der Waals surface area contributed by atoms with Crippen LogP contribution in [-0.4, -0.2) is 16.2 Å². The first kappa shape index (κ1) is 12.2. The molecule has 0 fully saturated rings. The molecular weight excluding hydrogens is 262 g/mol. The van der Waals surface area contributed by atoms with Gasteiger partial charge < -0.3 is 10.2 Å². The summed E-state index contributed by atoms with van der Waals surface area (Å²) in [6.45, 7) is 0. The van der Waals surface area contributed by atoms with Crippen LogP contribution in [0.4, 0.5) is 0 Å². The first-order valence-corrected chi connectivity index (χ1v) is 4.84. The van der Waals surface area contributed by atoms with Crippen molar-refractivity contribution in [2.45, 2.75) is 0 Å². The molecule has 2 N–H and O–H groups in total. The van der Waals surface area contributed by atoms with E-state index < -0.39 is 5.97 Å². The number of carboxylic acids is 1. The number of halogens is 3. The summed E-state index contributed by atoms with van der Waals surface area (Å²) in [7, 11) is 0. The highest BCUT2D eigenvalue weighted by Gasteiger charge is 2.12. The normalized spacial score (nSPS) is 10.9. The van der Waals surface area contributed by atoms with Crippen LogP contribution in [0.2, 0.25) is 15.1 Å². The molecule has 0 saturated carbocycles.